The number of nitrogens with zero attached hydrogens (tertiary/aromatic N) is 6. The summed E-state index contributed by atoms with van der Waals surface area (Å²) < 4.78 is 30.0. The Morgan fingerprint density at radius 1 is 1.15 bits per heavy atom. The molecule has 0 saturated carbocycles. The average molecular weight is 551 g/mol. The summed E-state index contributed by atoms with van der Waals surface area (Å²) in [6.07, 6.45) is 1.70. The Hall–Kier alpha value is -3.94. The highest BCUT2D eigenvalue weighted by molar-refractivity contribution is 7.17. The maximum Gasteiger partial charge on any atom is 0.309 e. The van der Waals surface area contributed by atoms with Gasteiger partial charge >= 0.3 is 4.87 Å². The zero-order valence-corrected chi connectivity index (χ0v) is 21.9. The number of halogens is 1. The van der Waals surface area contributed by atoms with Crippen LogP contribution in [0.3, 0.4) is 0 Å². The largest absolute Gasteiger partial charge is 0.488 e. The number of hydrogen-bond acceptors (Lipinski definition) is 10. The van der Waals surface area contributed by atoms with Crippen molar-refractivity contribution >= 4 is 38.8 Å². The van der Waals surface area contributed by atoms with Crippen LogP contribution in [0.15, 0.2) is 51.9 Å². The van der Waals surface area contributed by atoms with Crippen LogP contribution in [0.25, 0.3) is 27.3 Å². The Kier molecular flexibility index (Phi) is 5.98. The van der Waals surface area contributed by atoms with E-state index in [0.717, 1.165) is 47.7 Å². The minimum Gasteiger partial charge on any atom is -0.488 e. The summed E-state index contributed by atoms with van der Waals surface area (Å²) in [6, 6.07) is 10.6. The molecule has 202 valence electrons. The van der Waals surface area contributed by atoms with Gasteiger partial charge in [-0.25, -0.2) is 4.39 Å². The Morgan fingerprint density at radius 2 is 2.00 bits per heavy atom. The van der Waals surface area contributed by atoms with Gasteiger partial charge in [0, 0.05) is 58.4 Å². The molecule has 7 rings (SSSR count). The zero-order chi connectivity index (χ0) is 26.5. The number of thiazole rings is 1. The first-order valence-corrected chi connectivity index (χ1v) is 13.7. The van der Waals surface area contributed by atoms with E-state index in [0.29, 0.717) is 54.7 Å². The third kappa shape index (κ3) is 4.41. The van der Waals surface area contributed by atoms with E-state index in [1.165, 1.54) is 6.07 Å². The first-order chi connectivity index (χ1) is 19.0. The van der Waals surface area contributed by atoms with Gasteiger partial charge < -0.3 is 25.1 Å². The van der Waals surface area contributed by atoms with Crippen molar-refractivity contribution in [3.05, 3.63) is 58.1 Å². The molecule has 4 aromatic heterocycles. The number of piperazine rings is 1. The van der Waals surface area contributed by atoms with Crippen LogP contribution >= 0.6 is 11.3 Å². The van der Waals surface area contributed by atoms with E-state index >= 15 is 0 Å². The number of aromatic nitrogens is 4. The number of benzene rings is 1. The molecule has 0 spiro atoms. The molecular formula is C26H27FN8O3S. The highest BCUT2D eigenvalue weighted by Crippen LogP contribution is 2.29. The minimum absolute atomic E-state index is 0.0913. The maximum absolute atomic E-state index is 14.8. The number of fused-ring (bicyclic) bond motifs is 3. The molecule has 0 amide bonds. The number of furan rings is 1. The summed E-state index contributed by atoms with van der Waals surface area (Å²) in [5, 5.41) is 7.65. The standard InChI is InChI=1S/C26H27FN8O3S/c27-18-12-16(38-17-14-29-15-17)3-4-20(18)33-8-5-32(6-9-33)7-10-34-24-23(39-26(34)36)21-13-19(22-2-1-11-37-22)31-35(21)25(28)30-24/h1-4,11-13,17,29H,5-10,14-15H2,(H2,28,30). The van der Waals surface area contributed by atoms with Gasteiger partial charge in [0.2, 0.25) is 5.95 Å². The highest BCUT2D eigenvalue weighted by atomic mass is 32.1. The molecule has 2 fully saturated rings. The van der Waals surface area contributed by atoms with Gasteiger partial charge in [-0.05, 0) is 30.3 Å². The summed E-state index contributed by atoms with van der Waals surface area (Å²) in [5.74, 6) is 1.12. The van der Waals surface area contributed by atoms with Gasteiger partial charge in [-0.15, -0.1) is 0 Å². The lowest BCUT2D eigenvalue weighted by atomic mass is 10.2. The zero-order valence-electron chi connectivity index (χ0n) is 21.0. The molecule has 5 aromatic rings. The van der Waals surface area contributed by atoms with Crippen LogP contribution in [0.1, 0.15) is 0 Å². The summed E-state index contributed by atoms with van der Waals surface area (Å²) >= 11 is 1.14. The first-order valence-electron chi connectivity index (χ1n) is 12.9. The lowest BCUT2D eigenvalue weighted by Gasteiger charge is -2.36. The molecule has 3 N–H and O–H groups in total. The number of nitrogens with two attached hydrogens (primary N) is 1. The predicted octanol–water partition coefficient (Wildman–Crippen LogP) is 2.26. The van der Waals surface area contributed by atoms with Crippen LogP contribution in [0.2, 0.25) is 0 Å². The fourth-order valence-corrected chi connectivity index (χ4v) is 6.06. The fourth-order valence-electron chi connectivity index (χ4n) is 5.10. The van der Waals surface area contributed by atoms with Crippen molar-refractivity contribution in [1.29, 1.82) is 0 Å². The van der Waals surface area contributed by atoms with Gasteiger partial charge in [0.05, 0.1) is 17.5 Å². The van der Waals surface area contributed by atoms with E-state index in [9.17, 15) is 9.18 Å². The Labute approximate surface area is 226 Å². The van der Waals surface area contributed by atoms with Crippen molar-refractivity contribution in [2.75, 3.05) is 56.4 Å². The average Bonchev–Trinajstić information content (AvgIpc) is 3.65. The summed E-state index contributed by atoms with van der Waals surface area (Å²) in [7, 11) is 0. The van der Waals surface area contributed by atoms with Crippen molar-refractivity contribution < 1.29 is 13.5 Å². The van der Waals surface area contributed by atoms with Gasteiger partial charge in [0.1, 0.15) is 28.1 Å². The van der Waals surface area contributed by atoms with Crippen LogP contribution in [-0.4, -0.2) is 76.0 Å². The van der Waals surface area contributed by atoms with Gasteiger partial charge in [0.25, 0.3) is 0 Å². The minimum atomic E-state index is -0.269. The number of nitrogen functional groups attached to an aromatic ring is 1. The van der Waals surface area contributed by atoms with E-state index < -0.39 is 0 Å². The Bertz CT molecular complexity index is 1700. The van der Waals surface area contributed by atoms with Gasteiger partial charge in [0.15, 0.2) is 11.4 Å². The first kappa shape index (κ1) is 24.1. The second kappa shape index (κ2) is 9.67. The Balaban J connectivity index is 1.03. The molecule has 2 saturated heterocycles. The molecular weight excluding hydrogens is 523 g/mol. The number of anilines is 2. The second-order valence-electron chi connectivity index (χ2n) is 9.79. The van der Waals surface area contributed by atoms with Crippen LogP contribution in [0.5, 0.6) is 5.75 Å². The number of nitrogens with one attached hydrogen (secondary N) is 1. The molecule has 13 heteroatoms. The summed E-state index contributed by atoms with van der Waals surface area (Å²) in [4.78, 5) is 21.7. The lowest BCUT2D eigenvalue weighted by molar-refractivity contribution is 0.142. The molecule has 0 bridgehead atoms. The van der Waals surface area contributed by atoms with E-state index in [1.54, 1.807) is 27.5 Å². The SMILES string of the molecule is Nc1nc2c(sc(=O)n2CCN2CCN(c3ccc(OC4CNC4)cc3F)CC2)c2cc(-c3ccco3)nn12. The molecule has 0 unspecified atom stereocenters. The second-order valence-corrected chi connectivity index (χ2v) is 10.7. The van der Waals surface area contributed by atoms with Crippen LogP contribution in [0, 0.1) is 5.82 Å². The van der Waals surface area contributed by atoms with E-state index in [1.807, 2.05) is 18.2 Å². The smallest absolute Gasteiger partial charge is 0.309 e. The third-order valence-electron chi connectivity index (χ3n) is 7.34. The predicted molar refractivity (Wildman–Crippen MR) is 147 cm³/mol. The van der Waals surface area contributed by atoms with Gasteiger partial charge in [-0.1, -0.05) is 11.3 Å². The molecule has 39 heavy (non-hydrogen) atoms. The van der Waals surface area contributed by atoms with Crippen molar-refractivity contribution in [1.82, 2.24) is 29.4 Å². The molecule has 0 radical (unpaired) electrons. The van der Waals surface area contributed by atoms with E-state index in [4.69, 9.17) is 14.9 Å². The molecule has 11 nitrogen and oxygen atoms in total. The maximum atomic E-state index is 14.8. The fraction of sp³-hybridized carbons (Fsp3) is 0.346. The van der Waals surface area contributed by atoms with Gasteiger partial charge in [-0.2, -0.15) is 14.6 Å². The number of hydrogen-bond donors (Lipinski definition) is 2. The molecule has 2 aliphatic rings. The van der Waals surface area contributed by atoms with E-state index in [-0.39, 0.29) is 22.7 Å². The van der Waals surface area contributed by atoms with Crippen molar-refractivity contribution in [3.8, 4) is 17.2 Å². The summed E-state index contributed by atoms with van der Waals surface area (Å²) in [5.41, 5.74) is 8.72. The molecule has 0 aliphatic carbocycles. The Morgan fingerprint density at radius 3 is 2.72 bits per heavy atom. The molecule has 1 aromatic carbocycles. The monoisotopic (exact) mass is 550 g/mol. The number of ether oxygens (including phenoxy) is 1. The van der Waals surface area contributed by atoms with Crippen LogP contribution in [-0.2, 0) is 6.54 Å². The molecule has 0 atom stereocenters. The third-order valence-corrected chi connectivity index (χ3v) is 8.33. The van der Waals surface area contributed by atoms with Crippen LogP contribution in [0.4, 0.5) is 16.0 Å². The van der Waals surface area contributed by atoms with E-state index in [2.05, 4.69) is 25.2 Å². The normalized spacial score (nSPS) is 16.8. The van der Waals surface area contributed by atoms with Crippen molar-refractivity contribution in [2.24, 2.45) is 0 Å². The van der Waals surface area contributed by atoms with Crippen molar-refractivity contribution in [3.63, 3.8) is 0 Å². The summed E-state index contributed by atoms with van der Waals surface area (Å²) in [6.45, 7) is 5.66. The van der Waals surface area contributed by atoms with Crippen LogP contribution < -0.4 is 25.6 Å². The van der Waals surface area contributed by atoms with Gasteiger partial charge in [-0.3, -0.25) is 14.3 Å². The quantitative estimate of drug-likeness (QED) is 0.315. The van der Waals surface area contributed by atoms with Crippen molar-refractivity contribution in [2.45, 2.75) is 12.6 Å². The lowest BCUT2D eigenvalue weighted by Crippen LogP contribution is -2.50. The number of rotatable bonds is 7. The molecule has 2 aliphatic heterocycles. The highest BCUT2D eigenvalue weighted by Gasteiger charge is 2.23. The molecule has 6 heterocycles. The topological polar surface area (TPSA) is 119 Å².